The third-order valence-corrected chi connectivity index (χ3v) is 2.86. The van der Waals surface area contributed by atoms with Crippen LogP contribution in [0.3, 0.4) is 0 Å². The zero-order valence-corrected chi connectivity index (χ0v) is 11.7. The lowest BCUT2D eigenvalue weighted by molar-refractivity contribution is 0.150. The lowest BCUT2D eigenvalue weighted by atomic mass is 10.1. The molecule has 0 saturated heterocycles. The summed E-state index contributed by atoms with van der Waals surface area (Å²) in [6.45, 7) is 1.84. The van der Waals surface area contributed by atoms with Gasteiger partial charge in [0.25, 0.3) is 0 Å². The highest BCUT2D eigenvalue weighted by Crippen LogP contribution is 2.23. The Morgan fingerprint density at radius 3 is 2.62 bits per heavy atom. The van der Waals surface area contributed by atoms with Crippen molar-refractivity contribution in [3.8, 4) is 17.6 Å². The quantitative estimate of drug-likeness (QED) is 0.819. The highest BCUT2D eigenvalue weighted by molar-refractivity contribution is 5.52. The van der Waals surface area contributed by atoms with Gasteiger partial charge in [0.15, 0.2) is 0 Å². The number of rotatable bonds is 5. The Morgan fingerprint density at radius 2 is 1.95 bits per heavy atom. The Kier molecular flexibility index (Phi) is 5.10. The minimum atomic E-state index is -0.117. The molecule has 0 aliphatic carbocycles. The standard InChI is InChI=1S/C17H16N2O2/c1-13(19-20)5-6-14-3-2-4-17(11-14)21-16-9-7-15(12-18)8-10-16/h2-11,13,19-20H,1H3/t13-/m0/s1. The van der Waals surface area contributed by atoms with Gasteiger partial charge in [0.2, 0.25) is 0 Å². The van der Waals surface area contributed by atoms with E-state index in [1.807, 2.05) is 43.3 Å². The van der Waals surface area contributed by atoms with E-state index in [2.05, 4.69) is 11.5 Å². The van der Waals surface area contributed by atoms with Crippen LogP contribution in [0.4, 0.5) is 0 Å². The summed E-state index contributed by atoms with van der Waals surface area (Å²) >= 11 is 0. The molecule has 0 aliphatic heterocycles. The molecule has 0 bridgehead atoms. The smallest absolute Gasteiger partial charge is 0.128 e. The Morgan fingerprint density at radius 1 is 1.19 bits per heavy atom. The predicted molar refractivity (Wildman–Crippen MR) is 81.1 cm³/mol. The molecule has 0 amide bonds. The monoisotopic (exact) mass is 280 g/mol. The summed E-state index contributed by atoms with van der Waals surface area (Å²) in [5.41, 5.74) is 3.73. The molecule has 1 atom stereocenters. The molecule has 0 spiro atoms. The van der Waals surface area contributed by atoms with Gasteiger partial charge in [-0.05, 0) is 48.9 Å². The van der Waals surface area contributed by atoms with Crippen LogP contribution in [-0.2, 0) is 0 Å². The molecule has 2 aromatic rings. The molecular weight excluding hydrogens is 264 g/mol. The molecule has 2 N–H and O–H groups in total. The molecular formula is C17H16N2O2. The Balaban J connectivity index is 2.10. The molecule has 2 rings (SSSR count). The summed E-state index contributed by atoms with van der Waals surface area (Å²) in [5, 5.41) is 17.5. The molecule has 0 fully saturated rings. The van der Waals surface area contributed by atoms with Crippen molar-refractivity contribution in [2.24, 2.45) is 0 Å². The fourth-order valence-corrected chi connectivity index (χ4v) is 1.71. The molecule has 0 unspecified atom stereocenters. The zero-order chi connectivity index (χ0) is 15.1. The summed E-state index contributed by atoms with van der Waals surface area (Å²) in [7, 11) is 0. The molecule has 21 heavy (non-hydrogen) atoms. The van der Waals surface area contributed by atoms with Crippen LogP contribution in [-0.4, -0.2) is 11.2 Å². The van der Waals surface area contributed by atoms with Gasteiger partial charge >= 0.3 is 0 Å². The van der Waals surface area contributed by atoms with E-state index in [0.29, 0.717) is 17.1 Å². The number of nitriles is 1. The first-order valence-electron chi connectivity index (χ1n) is 6.57. The van der Waals surface area contributed by atoms with Crippen LogP contribution >= 0.6 is 0 Å². The maximum absolute atomic E-state index is 8.76. The molecule has 4 heteroatoms. The van der Waals surface area contributed by atoms with Crippen LogP contribution in [0.2, 0.25) is 0 Å². The maximum atomic E-state index is 8.76. The van der Waals surface area contributed by atoms with Crippen LogP contribution in [0.25, 0.3) is 6.08 Å². The summed E-state index contributed by atoms with van der Waals surface area (Å²) < 4.78 is 5.74. The molecule has 0 aliphatic rings. The minimum absolute atomic E-state index is 0.117. The normalized spacial score (nSPS) is 12.0. The molecule has 0 heterocycles. The number of nitrogens with zero attached hydrogens (tertiary/aromatic N) is 1. The van der Waals surface area contributed by atoms with E-state index in [9.17, 15) is 0 Å². The van der Waals surface area contributed by atoms with Gasteiger partial charge < -0.3 is 9.94 Å². The van der Waals surface area contributed by atoms with E-state index < -0.39 is 0 Å². The molecule has 2 aromatic carbocycles. The second-order valence-corrected chi connectivity index (χ2v) is 4.59. The largest absolute Gasteiger partial charge is 0.457 e. The number of hydrogen-bond acceptors (Lipinski definition) is 4. The second-order valence-electron chi connectivity index (χ2n) is 4.59. The average Bonchev–Trinajstić information content (AvgIpc) is 2.53. The fourth-order valence-electron chi connectivity index (χ4n) is 1.71. The average molecular weight is 280 g/mol. The summed E-state index contributed by atoms with van der Waals surface area (Å²) in [6, 6.07) is 16.5. The number of nitrogens with one attached hydrogen (secondary N) is 1. The third-order valence-electron chi connectivity index (χ3n) is 2.86. The van der Waals surface area contributed by atoms with Gasteiger partial charge in [-0.15, -0.1) is 0 Å². The lowest BCUT2D eigenvalue weighted by Gasteiger charge is -2.07. The topological polar surface area (TPSA) is 65.3 Å². The van der Waals surface area contributed by atoms with E-state index >= 15 is 0 Å². The first-order chi connectivity index (χ1) is 10.2. The van der Waals surface area contributed by atoms with E-state index in [4.69, 9.17) is 15.2 Å². The van der Waals surface area contributed by atoms with Crippen molar-refractivity contribution in [3.63, 3.8) is 0 Å². The minimum Gasteiger partial charge on any atom is -0.457 e. The van der Waals surface area contributed by atoms with Crippen LogP contribution in [0.1, 0.15) is 18.1 Å². The highest BCUT2D eigenvalue weighted by atomic mass is 16.5. The summed E-state index contributed by atoms with van der Waals surface area (Å²) in [4.78, 5) is 0. The first-order valence-corrected chi connectivity index (χ1v) is 6.57. The van der Waals surface area contributed by atoms with Gasteiger partial charge in [-0.25, -0.2) is 0 Å². The van der Waals surface area contributed by atoms with Crippen molar-refractivity contribution in [2.75, 3.05) is 0 Å². The van der Waals surface area contributed by atoms with E-state index in [1.165, 1.54) is 0 Å². The number of hydrogen-bond donors (Lipinski definition) is 2. The predicted octanol–water partition coefficient (Wildman–Crippen LogP) is 3.73. The number of ether oxygens (including phenoxy) is 1. The van der Waals surface area contributed by atoms with Crippen LogP contribution < -0.4 is 10.2 Å². The second kappa shape index (κ2) is 7.25. The van der Waals surface area contributed by atoms with Crippen molar-refractivity contribution < 1.29 is 9.94 Å². The zero-order valence-electron chi connectivity index (χ0n) is 11.7. The Hall–Kier alpha value is -2.61. The van der Waals surface area contributed by atoms with Crippen LogP contribution in [0.15, 0.2) is 54.6 Å². The first kappa shape index (κ1) is 14.8. The fraction of sp³-hybridized carbons (Fsp3) is 0.118. The Bertz CT molecular complexity index is 657. The van der Waals surface area contributed by atoms with Crippen molar-refractivity contribution in [1.82, 2.24) is 5.48 Å². The molecule has 0 radical (unpaired) electrons. The number of benzene rings is 2. The van der Waals surface area contributed by atoms with Gasteiger partial charge in [0.1, 0.15) is 11.5 Å². The van der Waals surface area contributed by atoms with Crippen LogP contribution in [0.5, 0.6) is 11.5 Å². The van der Waals surface area contributed by atoms with E-state index in [-0.39, 0.29) is 6.04 Å². The van der Waals surface area contributed by atoms with Gasteiger partial charge in [0, 0.05) is 6.04 Å². The van der Waals surface area contributed by atoms with E-state index in [1.54, 1.807) is 24.3 Å². The Labute approximate surface area is 123 Å². The van der Waals surface area contributed by atoms with Crippen LogP contribution in [0, 0.1) is 11.3 Å². The maximum Gasteiger partial charge on any atom is 0.128 e. The van der Waals surface area contributed by atoms with Crippen molar-refractivity contribution >= 4 is 6.08 Å². The summed E-state index contributed by atoms with van der Waals surface area (Å²) in [6.07, 6.45) is 3.75. The van der Waals surface area contributed by atoms with Gasteiger partial charge in [0.05, 0.1) is 11.6 Å². The third kappa shape index (κ3) is 4.46. The van der Waals surface area contributed by atoms with Crippen molar-refractivity contribution in [2.45, 2.75) is 13.0 Å². The van der Waals surface area contributed by atoms with Crippen molar-refractivity contribution in [1.29, 1.82) is 5.26 Å². The van der Waals surface area contributed by atoms with E-state index in [0.717, 1.165) is 5.56 Å². The molecule has 106 valence electrons. The van der Waals surface area contributed by atoms with Gasteiger partial charge in [-0.3, -0.25) is 0 Å². The molecule has 0 aromatic heterocycles. The lowest BCUT2D eigenvalue weighted by Crippen LogP contribution is -2.18. The summed E-state index contributed by atoms with van der Waals surface area (Å²) in [5.74, 6) is 1.40. The van der Waals surface area contributed by atoms with Gasteiger partial charge in [-0.1, -0.05) is 24.3 Å². The molecule has 0 saturated carbocycles. The van der Waals surface area contributed by atoms with Crippen molar-refractivity contribution in [3.05, 3.63) is 65.7 Å². The number of hydroxylamine groups is 1. The SMILES string of the molecule is C[C@@H](C=Cc1cccc(Oc2ccc(C#N)cc2)c1)NO. The molecule has 4 nitrogen and oxygen atoms in total. The van der Waals surface area contributed by atoms with Gasteiger partial charge in [-0.2, -0.15) is 10.7 Å². The highest BCUT2D eigenvalue weighted by Gasteiger charge is 1.99.